The van der Waals surface area contributed by atoms with Crippen molar-refractivity contribution < 1.29 is 9.18 Å². The van der Waals surface area contributed by atoms with Crippen molar-refractivity contribution in [1.82, 2.24) is 0 Å². The van der Waals surface area contributed by atoms with E-state index in [0.717, 1.165) is 56.9 Å². The number of unbranched alkanes of at least 4 members (excludes halogenated alkanes) is 1. The fourth-order valence-corrected chi connectivity index (χ4v) is 3.11. The second-order valence-electron chi connectivity index (χ2n) is 6.69. The summed E-state index contributed by atoms with van der Waals surface area (Å²) < 4.78 is 13.1. The van der Waals surface area contributed by atoms with Gasteiger partial charge in [-0.2, -0.15) is 0 Å². The van der Waals surface area contributed by atoms with E-state index in [1.165, 1.54) is 23.3 Å². The first-order valence-electron chi connectivity index (χ1n) is 10.1. The topological polar surface area (TPSA) is 29.1 Å². The molecule has 26 heavy (non-hydrogen) atoms. The van der Waals surface area contributed by atoms with Crippen molar-refractivity contribution in [3.05, 3.63) is 52.9 Å². The molecule has 0 saturated carbocycles. The highest BCUT2D eigenvalue weighted by atomic mass is 19.1. The molecule has 0 spiro atoms. The minimum absolute atomic E-state index is 0.0552. The van der Waals surface area contributed by atoms with E-state index < -0.39 is 0 Å². The zero-order valence-electron chi connectivity index (χ0n) is 16.8. The van der Waals surface area contributed by atoms with E-state index in [0.29, 0.717) is 5.69 Å². The van der Waals surface area contributed by atoms with Gasteiger partial charge in [0.2, 0.25) is 0 Å². The second-order valence-corrected chi connectivity index (χ2v) is 6.69. The van der Waals surface area contributed by atoms with Gasteiger partial charge in [-0.15, -0.1) is 0 Å². The third kappa shape index (κ3) is 7.15. The van der Waals surface area contributed by atoms with Gasteiger partial charge in [-0.05, 0) is 61.1 Å². The van der Waals surface area contributed by atoms with Crippen LogP contribution in [0.5, 0.6) is 0 Å². The van der Waals surface area contributed by atoms with Crippen molar-refractivity contribution in [3.8, 4) is 0 Å². The molecule has 1 aromatic rings. The number of nitrogens with one attached hydrogen (secondary N) is 1. The first-order chi connectivity index (χ1) is 12.6. The number of benzene rings is 1. The molecule has 0 atom stereocenters. The van der Waals surface area contributed by atoms with Crippen LogP contribution in [-0.4, -0.2) is 5.91 Å². The van der Waals surface area contributed by atoms with Crippen LogP contribution < -0.4 is 5.32 Å². The summed E-state index contributed by atoms with van der Waals surface area (Å²) in [6.45, 7) is 8.62. The molecule has 3 heteroatoms. The molecule has 0 aliphatic heterocycles. The van der Waals surface area contributed by atoms with Gasteiger partial charge in [0.05, 0.1) is 0 Å². The molecule has 0 aromatic heterocycles. The average molecular weight is 360 g/mol. The maximum absolute atomic E-state index is 13.1. The maximum Gasteiger partial charge on any atom is 0.251 e. The number of rotatable bonds is 11. The predicted molar refractivity (Wildman–Crippen MR) is 110 cm³/mol. The lowest BCUT2D eigenvalue weighted by Crippen LogP contribution is -2.17. The van der Waals surface area contributed by atoms with Gasteiger partial charge in [-0.1, -0.05) is 59.5 Å². The summed E-state index contributed by atoms with van der Waals surface area (Å²) in [6, 6.07) is 5.96. The SMILES string of the molecule is CCC/C=C(CCC)/C(CCC)=C(/CCC)C(=O)Nc1ccc(F)cc1. The molecular formula is C23H34FNO. The average Bonchev–Trinajstić information content (AvgIpc) is 2.63. The molecule has 0 heterocycles. The third-order valence-electron chi connectivity index (χ3n) is 4.33. The number of amides is 1. The Balaban J connectivity index is 3.24. The van der Waals surface area contributed by atoms with Crippen molar-refractivity contribution in [1.29, 1.82) is 0 Å². The Morgan fingerprint density at radius 2 is 1.46 bits per heavy atom. The van der Waals surface area contributed by atoms with Gasteiger partial charge in [0.1, 0.15) is 5.82 Å². The number of hydrogen-bond donors (Lipinski definition) is 1. The molecule has 2 nitrogen and oxygen atoms in total. The second kappa shape index (κ2) is 12.5. The van der Waals surface area contributed by atoms with Crippen LogP contribution in [0.4, 0.5) is 10.1 Å². The van der Waals surface area contributed by atoms with Crippen LogP contribution in [0.15, 0.2) is 47.1 Å². The highest BCUT2D eigenvalue weighted by molar-refractivity contribution is 6.04. The predicted octanol–water partition coefficient (Wildman–Crippen LogP) is 7.19. The number of allylic oxidation sites excluding steroid dienone is 3. The van der Waals surface area contributed by atoms with E-state index >= 15 is 0 Å². The summed E-state index contributed by atoms with van der Waals surface area (Å²) in [7, 11) is 0. The van der Waals surface area contributed by atoms with Gasteiger partial charge in [-0.3, -0.25) is 4.79 Å². The first-order valence-corrected chi connectivity index (χ1v) is 10.1. The monoisotopic (exact) mass is 359 g/mol. The number of carbonyl (C=O) groups excluding carboxylic acids is 1. The van der Waals surface area contributed by atoms with Crippen molar-refractivity contribution in [2.24, 2.45) is 0 Å². The van der Waals surface area contributed by atoms with Crippen molar-refractivity contribution in [3.63, 3.8) is 0 Å². The summed E-state index contributed by atoms with van der Waals surface area (Å²) in [4.78, 5) is 13.0. The number of halogens is 1. The molecular weight excluding hydrogens is 325 g/mol. The van der Waals surface area contributed by atoms with Gasteiger partial charge < -0.3 is 5.32 Å². The minimum Gasteiger partial charge on any atom is -0.322 e. The Hall–Kier alpha value is -1.90. The molecule has 1 N–H and O–H groups in total. The maximum atomic E-state index is 13.1. The first kappa shape index (κ1) is 22.1. The molecule has 0 fully saturated rings. The molecule has 0 aliphatic carbocycles. The summed E-state index contributed by atoms with van der Waals surface area (Å²) in [5.41, 5.74) is 4.06. The highest BCUT2D eigenvalue weighted by Gasteiger charge is 2.17. The summed E-state index contributed by atoms with van der Waals surface area (Å²) in [6.07, 6.45) is 10.2. The van der Waals surface area contributed by atoms with E-state index in [1.807, 2.05) is 0 Å². The molecule has 1 amide bonds. The van der Waals surface area contributed by atoms with Crippen LogP contribution in [0.25, 0.3) is 0 Å². The lowest BCUT2D eigenvalue weighted by atomic mass is 9.89. The lowest BCUT2D eigenvalue weighted by molar-refractivity contribution is -0.113. The van der Waals surface area contributed by atoms with Crippen molar-refractivity contribution >= 4 is 11.6 Å². The number of hydrogen-bond acceptors (Lipinski definition) is 1. The van der Waals surface area contributed by atoms with Gasteiger partial charge in [0.15, 0.2) is 0 Å². The fourth-order valence-electron chi connectivity index (χ4n) is 3.11. The van der Waals surface area contributed by atoms with Crippen LogP contribution in [0, 0.1) is 5.82 Å². The summed E-state index contributed by atoms with van der Waals surface area (Å²) in [5.74, 6) is -0.355. The van der Waals surface area contributed by atoms with Crippen LogP contribution in [-0.2, 0) is 4.79 Å². The van der Waals surface area contributed by atoms with Crippen LogP contribution in [0.1, 0.15) is 79.1 Å². The Bertz CT molecular complexity index is 614. The molecule has 144 valence electrons. The van der Waals surface area contributed by atoms with Gasteiger partial charge >= 0.3 is 0 Å². The van der Waals surface area contributed by atoms with Crippen LogP contribution in [0.2, 0.25) is 0 Å². The van der Waals surface area contributed by atoms with E-state index in [2.05, 4.69) is 39.1 Å². The van der Waals surface area contributed by atoms with Gasteiger partial charge in [-0.25, -0.2) is 4.39 Å². The molecule has 0 saturated heterocycles. The van der Waals surface area contributed by atoms with Gasteiger partial charge in [0.25, 0.3) is 5.91 Å². The Kier molecular flexibility index (Phi) is 10.6. The normalized spacial score (nSPS) is 12.7. The third-order valence-corrected chi connectivity index (χ3v) is 4.33. The van der Waals surface area contributed by atoms with E-state index in [-0.39, 0.29) is 11.7 Å². The number of carbonyl (C=O) groups is 1. The minimum atomic E-state index is -0.299. The van der Waals surface area contributed by atoms with Crippen molar-refractivity contribution in [2.75, 3.05) is 5.32 Å². The van der Waals surface area contributed by atoms with E-state index in [4.69, 9.17) is 0 Å². The fraction of sp³-hybridized carbons (Fsp3) is 0.522. The van der Waals surface area contributed by atoms with Gasteiger partial charge in [0, 0.05) is 11.3 Å². The Morgan fingerprint density at radius 3 is 2.00 bits per heavy atom. The van der Waals surface area contributed by atoms with Crippen LogP contribution in [0.3, 0.4) is 0 Å². The molecule has 0 bridgehead atoms. The Morgan fingerprint density at radius 1 is 0.885 bits per heavy atom. The molecule has 0 radical (unpaired) electrons. The molecule has 0 aliphatic rings. The number of anilines is 1. The molecule has 1 aromatic carbocycles. The summed E-state index contributed by atoms with van der Waals surface area (Å²) >= 11 is 0. The van der Waals surface area contributed by atoms with E-state index in [1.54, 1.807) is 12.1 Å². The zero-order chi connectivity index (χ0) is 19.4. The lowest BCUT2D eigenvalue weighted by Gasteiger charge is -2.18. The quantitative estimate of drug-likeness (QED) is 0.329. The van der Waals surface area contributed by atoms with E-state index in [9.17, 15) is 9.18 Å². The van der Waals surface area contributed by atoms with Crippen LogP contribution >= 0.6 is 0 Å². The Labute approximate surface area is 158 Å². The smallest absolute Gasteiger partial charge is 0.251 e. The standard InChI is InChI=1S/C23H34FNO/c1-5-9-13-18(10-6-2)21(11-7-3)22(12-8-4)23(26)25-20-16-14-19(24)15-17-20/h13-17H,5-12H2,1-4H3,(H,25,26)/b18-13+,22-21-. The largest absolute Gasteiger partial charge is 0.322 e. The van der Waals surface area contributed by atoms with Crippen molar-refractivity contribution in [2.45, 2.75) is 79.1 Å². The molecule has 1 rings (SSSR count). The molecule has 0 unspecified atom stereocenters. The zero-order valence-corrected chi connectivity index (χ0v) is 16.8. The highest BCUT2D eigenvalue weighted by Crippen LogP contribution is 2.28. The summed E-state index contributed by atoms with van der Waals surface area (Å²) in [5, 5.41) is 2.96.